The Hall–Kier alpha value is -2.04. The molecule has 0 radical (unpaired) electrons. The average Bonchev–Trinajstić information content (AvgIpc) is 2.70. The molecule has 0 atom stereocenters. The Morgan fingerprint density at radius 1 is 1.44 bits per heavy atom. The average molecular weight is 217 g/mol. The molecule has 0 unspecified atom stereocenters. The zero-order valence-electron chi connectivity index (χ0n) is 9.44. The van der Waals surface area contributed by atoms with E-state index in [1.54, 1.807) is 12.4 Å². The lowest BCUT2D eigenvalue weighted by atomic mass is 10.2. The van der Waals surface area contributed by atoms with Crippen molar-refractivity contribution in [1.29, 1.82) is 0 Å². The number of nitrogens with zero attached hydrogens (tertiary/aromatic N) is 3. The van der Waals surface area contributed by atoms with Crippen LogP contribution < -0.4 is 11.1 Å². The maximum absolute atomic E-state index is 5.64. The molecule has 0 amide bonds. The normalized spacial score (nSPS) is 10.4. The van der Waals surface area contributed by atoms with Crippen LogP contribution >= 0.6 is 0 Å². The van der Waals surface area contributed by atoms with E-state index in [0.29, 0.717) is 5.69 Å². The van der Waals surface area contributed by atoms with E-state index in [-0.39, 0.29) is 0 Å². The van der Waals surface area contributed by atoms with E-state index >= 15 is 0 Å². The molecule has 2 heterocycles. The quantitative estimate of drug-likeness (QED) is 0.824. The number of aromatic nitrogens is 3. The van der Waals surface area contributed by atoms with E-state index in [4.69, 9.17) is 5.73 Å². The Bertz CT molecular complexity index is 489. The number of pyridine rings is 1. The van der Waals surface area contributed by atoms with E-state index in [0.717, 1.165) is 23.6 Å². The number of nitrogen functional groups attached to an aromatic ring is 1. The highest BCUT2D eigenvalue weighted by Crippen LogP contribution is 2.18. The van der Waals surface area contributed by atoms with Crippen LogP contribution in [0.25, 0.3) is 0 Å². The van der Waals surface area contributed by atoms with Crippen molar-refractivity contribution in [2.75, 3.05) is 11.1 Å². The number of rotatable bonds is 3. The first kappa shape index (κ1) is 10.5. The molecule has 0 bridgehead atoms. The van der Waals surface area contributed by atoms with E-state index in [9.17, 15) is 0 Å². The van der Waals surface area contributed by atoms with Crippen molar-refractivity contribution in [2.24, 2.45) is 0 Å². The van der Waals surface area contributed by atoms with Gasteiger partial charge in [0.15, 0.2) is 0 Å². The van der Waals surface area contributed by atoms with Crippen LogP contribution in [0.4, 0.5) is 17.2 Å². The topological polar surface area (TPSA) is 68.8 Å². The number of anilines is 3. The van der Waals surface area contributed by atoms with Crippen LogP contribution in [0.3, 0.4) is 0 Å². The van der Waals surface area contributed by atoms with Gasteiger partial charge >= 0.3 is 0 Å². The van der Waals surface area contributed by atoms with Crippen LogP contribution in [0.15, 0.2) is 24.7 Å². The van der Waals surface area contributed by atoms with Crippen molar-refractivity contribution < 1.29 is 0 Å². The molecule has 84 valence electrons. The largest absolute Gasteiger partial charge is 0.397 e. The minimum atomic E-state index is 0.673. The molecular weight excluding hydrogens is 202 g/mol. The van der Waals surface area contributed by atoms with Gasteiger partial charge in [0.2, 0.25) is 0 Å². The molecular formula is C11H15N5. The van der Waals surface area contributed by atoms with Crippen molar-refractivity contribution in [3.8, 4) is 0 Å². The first-order valence-corrected chi connectivity index (χ1v) is 5.20. The van der Waals surface area contributed by atoms with Gasteiger partial charge in [-0.05, 0) is 25.5 Å². The third-order valence-electron chi connectivity index (χ3n) is 2.32. The summed E-state index contributed by atoms with van der Waals surface area (Å²) >= 11 is 0. The molecule has 2 aromatic rings. The van der Waals surface area contributed by atoms with Gasteiger partial charge in [-0.2, -0.15) is 5.10 Å². The minimum absolute atomic E-state index is 0.673. The monoisotopic (exact) mass is 217 g/mol. The molecule has 5 nitrogen and oxygen atoms in total. The molecule has 0 aromatic carbocycles. The first-order valence-electron chi connectivity index (χ1n) is 5.20. The number of nitrogens with one attached hydrogen (secondary N) is 1. The van der Waals surface area contributed by atoms with Crippen molar-refractivity contribution in [3.63, 3.8) is 0 Å². The van der Waals surface area contributed by atoms with Crippen molar-refractivity contribution >= 4 is 17.2 Å². The fraction of sp³-hybridized carbons (Fsp3) is 0.273. The summed E-state index contributed by atoms with van der Waals surface area (Å²) in [5, 5.41) is 7.38. The maximum Gasteiger partial charge on any atom is 0.133 e. The first-order chi connectivity index (χ1) is 7.69. The molecule has 0 saturated carbocycles. The fourth-order valence-corrected chi connectivity index (χ4v) is 1.47. The molecule has 0 spiro atoms. The maximum atomic E-state index is 5.64. The van der Waals surface area contributed by atoms with E-state index in [1.165, 1.54) is 0 Å². The Labute approximate surface area is 94.3 Å². The van der Waals surface area contributed by atoms with Gasteiger partial charge in [-0.25, -0.2) is 4.98 Å². The third kappa shape index (κ3) is 2.13. The second kappa shape index (κ2) is 4.22. The third-order valence-corrected chi connectivity index (χ3v) is 2.32. The molecule has 16 heavy (non-hydrogen) atoms. The van der Waals surface area contributed by atoms with Crippen molar-refractivity contribution in [3.05, 3.63) is 30.2 Å². The highest BCUT2D eigenvalue weighted by molar-refractivity contribution is 5.59. The van der Waals surface area contributed by atoms with Gasteiger partial charge < -0.3 is 11.1 Å². The second-order valence-corrected chi connectivity index (χ2v) is 3.64. The van der Waals surface area contributed by atoms with Crippen LogP contribution in [0, 0.1) is 6.92 Å². The highest BCUT2D eigenvalue weighted by atomic mass is 15.3. The van der Waals surface area contributed by atoms with Crippen LogP contribution in [0.1, 0.15) is 12.5 Å². The lowest BCUT2D eigenvalue weighted by Crippen LogP contribution is -1.97. The van der Waals surface area contributed by atoms with Crippen molar-refractivity contribution in [1.82, 2.24) is 14.8 Å². The van der Waals surface area contributed by atoms with Crippen molar-refractivity contribution in [2.45, 2.75) is 20.4 Å². The van der Waals surface area contributed by atoms with E-state index in [2.05, 4.69) is 15.4 Å². The summed E-state index contributed by atoms with van der Waals surface area (Å²) < 4.78 is 1.86. The Kier molecular flexibility index (Phi) is 2.76. The van der Waals surface area contributed by atoms with Gasteiger partial charge in [0, 0.05) is 12.7 Å². The van der Waals surface area contributed by atoms with Gasteiger partial charge in [-0.1, -0.05) is 0 Å². The predicted octanol–water partition coefficient (Wildman–Crippen LogP) is 1.93. The summed E-state index contributed by atoms with van der Waals surface area (Å²) in [5.74, 6) is 0.810. The summed E-state index contributed by atoms with van der Waals surface area (Å²) in [6.07, 6.45) is 5.36. The molecule has 0 aliphatic heterocycles. The SMILES string of the molecule is CCn1cc(Nc2ncc(N)cc2C)cn1. The van der Waals surface area contributed by atoms with E-state index in [1.807, 2.05) is 30.8 Å². The lowest BCUT2D eigenvalue weighted by molar-refractivity contribution is 0.660. The molecule has 0 fully saturated rings. The highest BCUT2D eigenvalue weighted by Gasteiger charge is 2.02. The Balaban J connectivity index is 2.20. The van der Waals surface area contributed by atoms with Gasteiger partial charge in [0.25, 0.3) is 0 Å². The predicted molar refractivity (Wildman–Crippen MR) is 64.6 cm³/mol. The molecule has 5 heteroatoms. The van der Waals surface area contributed by atoms with Crippen LogP contribution in [0.5, 0.6) is 0 Å². The Morgan fingerprint density at radius 3 is 2.88 bits per heavy atom. The lowest BCUT2D eigenvalue weighted by Gasteiger charge is -2.06. The Morgan fingerprint density at radius 2 is 2.25 bits per heavy atom. The summed E-state index contributed by atoms with van der Waals surface area (Å²) in [6.45, 7) is 4.87. The standard InChI is InChI=1S/C11H15N5/c1-3-16-7-10(6-14-16)15-11-8(2)4-9(12)5-13-11/h4-7H,3,12H2,1-2H3,(H,13,15). The van der Waals surface area contributed by atoms with Gasteiger partial charge in [-0.15, -0.1) is 0 Å². The summed E-state index contributed by atoms with van der Waals surface area (Å²) in [7, 11) is 0. The van der Waals surface area contributed by atoms with Gasteiger partial charge in [-0.3, -0.25) is 4.68 Å². The number of hydrogen-bond donors (Lipinski definition) is 2. The summed E-state index contributed by atoms with van der Waals surface area (Å²) in [6, 6.07) is 1.89. The number of hydrogen-bond acceptors (Lipinski definition) is 4. The van der Waals surface area contributed by atoms with Crippen LogP contribution in [-0.4, -0.2) is 14.8 Å². The summed E-state index contributed by atoms with van der Waals surface area (Å²) in [4.78, 5) is 4.24. The number of nitrogens with two attached hydrogens (primary N) is 1. The number of aryl methyl sites for hydroxylation is 2. The van der Waals surface area contributed by atoms with E-state index < -0.39 is 0 Å². The molecule has 3 N–H and O–H groups in total. The smallest absolute Gasteiger partial charge is 0.133 e. The molecule has 2 rings (SSSR count). The summed E-state index contributed by atoms with van der Waals surface area (Å²) in [5.41, 5.74) is 8.26. The second-order valence-electron chi connectivity index (χ2n) is 3.64. The molecule has 0 aliphatic rings. The fourth-order valence-electron chi connectivity index (χ4n) is 1.47. The zero-order chi connectivity index (χ0) is 11.5. The van der Waals surface area contributed by atoms with Crippen LogP contribution in [-0.2, 0) is 6.54 Å². The molecule has 0 saturated heterocycles. The molecule has 2 aromatic heterocycles. The van der Waals surface area contributed by atoms with Crippen LogP contribution in [0.2, 0.25) is 0 Å². The van der Waals surface area contributed by atoms with Gasteiger partial charge in [0.05, 0.1) is 23.8 Å². The zero-order valence-corrected chi connectivity index (χ0v) is 9.44. The molecule has 0 aliphatic carbocycles. The minimum Gasteiger partial charge on any atom is -0.397 e. The van der Waals surface area contributed by atoms with Gasteiger partial charge in [0.1, 0.15) is 5.82 Å².